The number of fused-ring (bicyclic) bond motifs is 1. The number of nitrogens with one attached hydrogen (secondary N) is 1. The monoisotopic (exact) mass is 312 g/mol. The second-order valence-corrected chi connectivity index (χ2v) is 8.23. The molecule has 0 atom stereocenters. The highest BCUT2D eigenvalue weighted by atomic mass is 32.2. The van der Waals surface area contributed by atoms with Crippen molar-refractivity contribution < 1.29 is 18.3 Å². The predicted molar refractivity (Wildman–Crippen MR) is 78.4 cm³/mol. The molecule has 0 aliphatic heterocycles. The van der Waals surface area contributed by atoms with Crippen LogP contribution in [0.5, 0.6) is 0 Å². The number of carboxylic acid groups (broad SMARTS) is 1. The van der Waals surface area contributed by atoms with E-state index in [1.807, 2.05) is 0 Å². The highest BCUT2D eigenvalue weighted by Crippen LogP contribution is 2.20. The highest BCUT2D eigenvalue weighted by molar-refractivity contribution is 7.92. The van der Waals surface area contributed by atoms with Crippen molar-refractivity contribution in [1.82, 2.24) is 9.55 Å². The van der Waals surface area contributed by atoms with E-state index >= 15 is 0 Å². The predicted octanol–water partition coefficient (Wildman–Crippen LogP) is 0.851. The molecule has 2 rings (SSSR count). The Hall–Kier alpha value is -2.09. The molecular formula is C13H16N2O5S. The molecule has 1 heterocycles. The van der Waals surface area contributed by atoms with Gasteiger partial charge in [0.2, 0.25) is 0 Å². The maximum atomic E-state index is 12.0. The normalized spacial score (nSPS) is 12.7. The van der Waals surface area contributed by atoms with Crippen LogP contribution < -0.4 is 5.69 Å². The number of nitrogens with zero attached hydrogens (tertiary/aromatic N) is 1. The third-order valence-corrected chi connectivity index (χ3v) is 5.70. The molecule has 0 radical (unpaired) electrons. The van der Waals surface area contributed by atoms with Crippen LogP contribution in [0, 0.1) is 0 Å². The summed E-state index contributed by atoms with van der Waals surface area (Å²) in [6.45, 7) is 2.98. The summed E-state index contributed by atoms with van der Waals surface area (Å²) in [5.41, 5.74) is 0.405. The van der Waals surface area contributed by atoms with Crippen LogP contribution in [-0.2, 0) is 16.4 Å². The van der Waals surface area contributed by atoms with Gasteiger partial charge in [-0.15, -0.1) is 0 Å². The Morgan fingerprint density at radius 3 is 2.52 bits per heavy atom. The molecule has 7 nitrogen and oxygen atoms in total. The number of hydrogen-bond donors (Lipinski definition) is 2. The molecule has 114 valence electrons. The minimum absolute atomic E-state index is 0.0346. The number of carbonyl (C=O) groups is 1. The van der Waals surface area contributed by atoms with E-state index in [2.05, 4.69) is 4.98 Å². The third kappa shape index (κ3) is 2.71. The number of carboxylic acids is 1. The van der Waals surface area contributed by atoms with Crippen molar-refractivity contribution in [1.29, 1.82) is 0 Å². The number of aromatic nitrogens is 2. The van der Waals surface area contributed by atoms with E-state index in [0.717, 1.165) is 6.26 Å². The summed E-state index contributed by atoms with van der Waals surface area (Å²) in [6, 6.07) is 4.23. The van der Waals surface area contributed by atoms with Crippen LogP contribution in [-0.4, -0.2) is 40.0 Å². The Labute approximate surface area is 121 Å². The van der Waals surface area contributed by atoms with Crippen molar-refractivity contribution in [2.45, 2.75) is 25.1 Å². The molecule has 0 bridgehead atoms. The Bertz CT molecular complexity index is 874. The SMILES string of the molecule is CC(C)(Cn1c(=O)[nH]c2ccc(C(=O)O)cc21)S(C)(=O)=O. The number of rotatable bonds is 4. The average molecular weight is 312 g/mol. The molecule has 0 unspecified atom stereocenters. The molecule has 0 saturated heterocycles. The molecule has 0 fully saturated rings. The topological polar surface area (TPSA) is 109 Å². The number of benzene rings is 1. The second kappa shape index (κ2) is 4.73. The molecule has 2 aromatic rings. The summed E-state index contributed by atoms with van der Waals surface area (Å²) >= 11 is 0. The van der Waals surface area contributed by atoms with Gasteiger partial charge in [0.15, 0.2) is 9.84 Å². The van der Waals surface area contributed by atoms with E-state index in [0.29, 0.717) is 11.0 Å². The van der Waals surface area contributed by atoms with Crippen molar-refractivity contribution in [2.75, 3.05) is 6.26 Å². The number of aromatic carboxylic acids is 1. The molecule has 1 aromatic heterocycles. The number of H-pyrrole nitrogens is 1. The van der Waals surface area contributed by atoms with Crippen molar-refractivity contribution in [3.63, 3.8) is 0 Å². The summed E-state index contributed by atoms with van der Waals surface area (Å²) in [6.07, 6.45) is 1.11. The molecule has 8 heteroatoms. The van der Waals surface area contributed by atoms with Crippen LogP contribution >= 0.6 is 0 Å². The van der Waals surface area contributed by atoms with Crippen LogP contribution in [0.15, 0.2) is 23.0 Å². The van der Waals surface area contributed by atoms with Gasteiger partial charge in [0.05, 0.1) is 21.3 Å². The van der Waals surface area contributed by atoms with E-state index in [1.54, 1.807) is 0 Å². The lowest BCUT2D eigenvalue weighted by molar-refractivity contribution is 0.0697. The van der Waals surface area contributed by atoms with Gasteiger partial charge in [0.25, 0.3) is 0 Å². The molecular weight excluding hydrogens is 296 g/mol. The Morgan fingerprint density at radius 1 is 1.38 bits per heavy atom. The van der Waals surface area contributed by atoms with Gasteiger partial charge in [-0.1, -0.05) is 0 Å². The second-order valence-electron chi connectivity index (χ2n) is 5.59. The standard InChI is InChI=1S/C13H16N2O5S/c1-13(2,21(3,19)20)7-15-10-6-8(11(16)17)4-5-9(10)14-12(15)18/h4-6H,7H2,1-3H3,(H,14,18)(H,16,17). The van der Waals surface area contributed by atoms with Crippen molar-refractivity contribution >= 4 is 26.8 Å². The maximum absolute atomic E-state index is 12.0. The maximum Gasteiger partial charge on any atom is 0.335 e. The van der Waals surface area contributed by atoms with E-state index in [-0.39, 0.29) is 12.1 Å². The molecule has 0 amide bonds. The van der Waals surface area contributed by atoms with E-state index in [1.165, 1.54) is 36.6 Å². The van der Waals surface area contributed by atoms with Gasteiger partial charge >= 0.3 is 11.7 Å². The van der Waals surface area contributed by atoms with Crippen LogP contribution in [0.2, 0.25) is 0 Å². The van der Waals surface area contributed by atoms with Crippen LogP contribution in [0.3, 0.4) is 0 Å². The Balaban J connectivity index is 2.64. The lowest BCUT2D eigenvalue weighted by Gasteiger charge is -2.22. The van der Waals surface area contributed by atoms with Gasteiger partial charge in [0.1, 0.15) is 0 Å². The summed E-state index contributed by atoms with van der Waals surface area (Å²) < 4.78 is 23.7. The van der Waals surface area contributed by atoms with E-state index < -0.39 is 26.2 Å². The van der Waals surface area contributed by atoms with E-state index in [9.17, 15) is 18.0 Å². The fourth-order valence-electron chi connectivity index (χ4n) is 1.94. The third-order valence-electron chi connectivity index (χ3n) is 3.56. The lowest BCUT2D eigenvalue weighted by atomic mass is 10.2. The minimum Gasteiger partial charge on any atom is -0.478 e. The first-order valence-corrected chi connectivity index (χ1v) is 8.07. The Morgan fingerprint density at radius 2 is 2.00 bits per heavy atom. The molecule has 1 aromatic carbocycles. The summed E-state index contributed by atoms with van der Waals surface area (Å²) in [4.78, 5) is 25.6. The number of imidazole rings is 1. The smallest absolute Gasteiger partial charge is 0.335 e. The first-order valence-electron chi connectivity index (χ1n) is 6.18. The fraction of sp³-hybridized carbons (Fsp3) is 0.385. The fourth-order valence-corrected chi connectivity index (χ4v) is 2.30. The number of sulfone groups is 1. The van der Waals surface area contributed by atoms with E-state index in [4.69, 9.17) is 5.11 Å². The molecule has 0 aliphatic rings. The van der Waals surface area contributed by atoms with Crippen LogP contribution in [0.4, 0.5) is 0 Å². The zero-order valence-electron chi connectivity index (χ0n) is 11.9. The zero-order chi connectivity index (χ0) is 16.0. The van der Waals surface area contributed by atoms with Crippen molar-refractivity contribution in [2.24, 2.45) is 0 Å². The van der Waals surface area contributed by atoms with Crippen LogP contribution in [0.25, 0.3) is 11.0 Å². The van der Waals surface area contributed by atoms with Gasteiger partial charge in [-0.05, 0) is 32.0 Å². The summed E-state index contributed by atoms with van der Waals surface area (Å²) in [7, 11) is -3.38. The largest absolute Gasteiger partial charge is 0.478 e. The van der Waals surface area contributed by atoms with Crippen molar-refractivity contribution in [3.05, 3.63) is 34.2 Å². The molecule has 2 N–H and O–H groups in total. The minimum atomic E-state index is -3.38. The quantitative estimate of drug-likeness (QED) is 0.870. The highest BCUT2D eigenvalue weighted by Gasteiger charge is 2.32. The lowest BCUT2D eigenvalue weighted by Crippen LogP contribution is -2.38. The first-order chi connectivity index (χ1) is 9.53. The Kier molecular flexibility index (Phi) is 3.45. The van der Waals surface area contributed by atoms with Crippen molar-refractivity contribution in [3.8, 4) is 0 Å². The number of aromatic amines is 1. The van der Waals surface area contributed by atoms with Crippen LogP contribution in [0.1, 0.15) is 24.2 Å². The van der Waals surface area contributed by atoms with Gasteiger partial charge in [0, 0.05) is 12.8 Å². The average Bonchev–Trinajstić information content (AvgIpc) is 2.63. The van der Waals surface area contributed by atoms with Gasteiger partial charge in [-0.3, -0.25) is 4.57 Å². The molecule has 0 spiro atoms. The summed E-state index contributed by atoms with van der Waals surface area (Å²) in [5.74, 6) is -1.11. The van der Waals surface area contributed by atoms with Gasteiger partial charge < -0.3 is 10.1 Å². The number of hydrogen-bond acceptors (Lipinski definition) is 4. The molecule has 0 aliphatic carbocycles. The molecule has 0 saturated carbocycles. The zero-order valence-corrected chi connectivity index (χ0v) is 12.7. The molecule has 21 heavy (non-hydrogen) atoms. The van der Waals surface area contributed by atoms with Gasteiger partial charge in [-0.2, -0.15) is 0 Å². The first kappa shape index (κ1) is 15.3. The summed E-state index contributed by atoms with van der Waals surface area (Å²) in [5, 5.41) is 9.01. The van der Waals surface area contributed by atoms with Gasteiger partial charge in [-0.25, -0.2) is 18.0 Å².